The van der Waals surface area contributed by atoms with Gasteiger partial charge in [-0.3, -0.25) is 9.69 Å². The maximum atomic E-state index is 12.9. The Morgan fingerprint density at radius 1 is 0.968 bits per heavy atom. The zero-order valence-corrected chi connectivity index (χ0v) is 18.8. The number of anilines is 1. The van der Waals surface area contributed by atoms with Crippen LogP contribution >= 0.6 is 0 Å². The lowest BCUT2D eigenvalue weighted by Gasteiger charge is -2.34. The van der Waals surface area contributed by atoms with Gasteiger partial charge in [0.25, 0.3) is 5.91 Å². The van der Waals surface area contributed by atoms with Crippen molar-refractivity contribution < 1.29 is 9.21 Å². The molecule has 0 bridgehead atoms. The molecule has 1 aromatic heterocycles. The van der Waals surface area contributed by atoms with E-state index in [0.29, 0.717) is 5.89 Å². The van der Waals surface area contributed by atoms with Crippen LogP contribution in [0.4, 0.5) is 5.69 Å². The minimum Gasteiger partial charge on any atom is -0.441 e. The molecule has 6 nitrogen and oxygen atoms in total. The highest BCUT2D eigenvalue weighted by Crippen LogP contribution is 2.23. The zero-order valence-electron chi connectivity index (χ0n) is 18.8. The number of carbonyl (C=O) groups excluding carboxylic acids is 1. The van der Waals surface area contributed by atoms with Crippen LogP contribution in [0.5, 0.6) is 0 Å². The average molecular weight is 419 g/mol. The molecule has 1 amide bonds. The van der Waals surface area contributed by atoms with Crippen LogP contribution in [0.25, 0.3) is 11.5 Å². The molecular weight excluding hydrogens is 388 g/mol. The largest absolute Gasteiger partial charge is 0.441 e. The van der Waals surface area contributed by atoms with Crippen molar-refractivity contribution >= 4 is 11.6 Å². The van der Waals surface area contributed by atoms with Gasteiger partial charge in [-0.2, -0.15) is 0 Å². The molecule has 0 radical (unpaired) electrons. The second-order valence-corrected chi connectivity index (χ2v) is 8.40. The van der Waals surface area contributed by atoms with Gasteiger partial charge in [-0.1, -0.05) is 17.7 Å². The van der Waals surface area contributed by atoms with Crippen molar-refractivity contribution in [3.05, 3.63) is 71.1 Å². The number of aryl methyl sites for hydroxylation is 2. The monoisotopic (exact) mass is 418 g/mol. The summed E-state index contributed by atoms with van der Waals surface area (Å²) in [5, 5.41) is 0. The lowest BCUT2D eigenvalue weighted by atomic mass is 10.1. The summed E-state index contributed by atoms with van der Waals surface area (Å²) in [6, 6.07) is 16.0. The lowest BCUT2D eigenvalue weighted by molar-refractivity contribution is 0.0626. The Morgan fingerprint density at radius 2 is 1.61 bits per heavy atom. The summed E-state index contributed by atoms with van der Waals surface area (Å²) in [7, 11) is 3.99. The Hall–Kier alpha value is -3.12. The molecule has 1 aliphatic rings. The van der Waals surface area contributed by atoms with Crippen LogP contribution < -0.4 is 4.90 Å². The molecule has 1 fully saturated rings. The summed E-state index contributed by atoms with van der Waals surface area (Å²) in [6.45, 7) is 7.87. The molecule has 3 aromatic rings. The minimum atomic E-state index is 0.101. The van der Waals surface area contributed by atoms with Gasteiger partial charge in [0.05, 0.1) is 5.69 Å². The fourth-order valence-electron chi connectivity index (χ4n) is 3.80. The van der Waals surface area contributed by atoms with Crippen molar-refractivity contribution in [2.24, 2.45) is 0 Å². The van der Waals surface area contributed by atoms with Crippen molar-refractivity contribution in [1.82, 2.24) is 14.8 Å². The summed E-state index contributed by atoms with van der Waals surface area (Å²) in [5.74, 6) is 1.63. The standard InChI is InChI=1S/C25H30N4O2/c1-18-5-7-20(8-6-18)24-26-23(19(2)31-24)17-28-13-15-29(16-14-28)25(30)21-9-11-22(12-10-21)27(3)4/h5-12H,13-17H2,1-4H3. The first-order valence-corrected chi connectivity index (χ1v) is 10.7. The Kier molecular flexibility index (Phi) is 6.09. The summed E-state index contributed by atoms with van der Waals surface area (Å²) >= 11 is 0. The van der Waals surface area contributed by atoms with E-state index >= 15 is 0 Å². The molecule has 0 aliphatic carbocycles. The van der Waals surface area contributed by atoms with Crippen LogP contribution in [-0.4, -0.2) is 61.0 Å². The van der Waals surface area contributed by atoms with Gasteiger partial charge in [-0.05, 0) is 50.2 Å². The van der Waals surface area contributed by atoms with E-state index in [2.05, 4.69) is 24.0 Å². The van der Waals surface area contributed by atoms with Crippen LogP contribution in [-0.2, 0) is 6.54 Å². The van der Waals surface area contributed by atoms with Crippen LogP contribution in [0, 0.1) is 13.8 Å². The smallest absolute Gasteiger partial charge is 0.253 e. The van der Waals surface area contributed by atoms with Gasteiger partial charge in [0.1, 0.15) is 5.76 Å². The van der Waals surface area contributed by atoms with Gasteiger partial charge in [0.15, 0.2) is 0 Å². The molecule has 0 saturated carbocycles. The molecular formula is C25H30N4O2. The molecule has 2 aromatic carbocycles. The van der Waals surface area contributed by atoms with Crippen molar-refractivity contribution in [2.45, 2.75) is 20.4 Å². The predicted molar refractivity (Wildman–Crippen MR) is 123 cm³/mol. The highest BCUT2D eigenvalue weighted by molar-refractivity contribution is 5.94. The predicted octanol–water partition coefficient (Wildman–Crippen LogP) is 3.98. The van der Waals surface area contributed by atoms with Crippen LogP contribution in [0.15, 0.2) is 52.9 Å². The maximum absolute atomic E-state index is 12.9. The quantitative estimate of drug-likeness (QED) is 0.627. The Labute approximate surface area is 184 Å². The van der Waals surface area contributed by atoms with E-state index in [1.165, 1.54) is 5.56 Å². The van der Waals surface area contributed by atoms with Crippen LogP contribution in [0.2, 0.25) is 0 Å². The number of rotatable bonds is 5. The Balaban J connectivity index is 1.35. The van der Waals surface area contributed by atoms with Gasteiger partial charge < -0.3 is 14.2 Å². The van der Waals surface area contributed by atoms with E-state index in [1.807, 2.05) is 67.2 Å². The number of hydrogen-bond acceptors (Lipinski definition) is 5. The molecule has 0 N–H and O–H groups in total. The number of benzene rings is 2. The van der Waals surface area contributed by atoms with E-state index in [-0.39, 0.29) is 5.91 Å². The highest BCUT2D eigenvalue weighted by atomic mass is 16.4. The number of amides is 1. The number of piperazine rings is 1. The normalized spacial score (nSPS) is 14.6. The van der Waals surface area contributed by atoms with Gasteiger partial charge in [-0.15, -0.1) is 0 Å². The molecule has 1 aliphatic heterocycles. The third-order valence-corrected chi connectivity index (χ3v) is 5.85. The molecule has 31 heavy (non-hydrogen) atoms. The fourth-order valence-corrected chi connectivity index (χ4v) is 3.80. The second-order valence-electron chi connectivity index (χ2n) is 8.40. The molecule has 1 saturated heterocycles. The van der Waals surface area contributed by atoms with E-state index < -0.39 is 0 Å². The summed E-state index contributed by atoms with van der Waals surface area (Å²) in [6.07, 6.45) is 0. The van der Waals surface area contributed by atoms with Crippen molar-refractivity contribution in [3.8, 4) is 11.5 Å². The summed E-state index contributed by atoms with van der Waals surface area (Å²) in [5.41, 5.74) is 5.02. The van der Waals surface area contributed by atoms with Crippen molar-refractivity contribution in [1.29, 1.82) is 0 Å². The lowest BCUT2D eigenvalue weighted by Crippen LogP contribution is -2.48. The zero-order chi connectivity index (χ0) is 22.0. The third kappa shape index (κ3) is 4.80. The number of aromatic nitrogens is 1. The van der Waals surface area contributed by atoms with E-state index in [4.69, 9.17) is 9.40 Å². The number of nitrogens with zero attached hydrogens (tertiary/aromatic N) is 4. The summed E-state index contributed by atoms with van der Waals surface area (Å²) in [4.78, 5) is 23.9. The van der Waals surface area contributed by atoms with E-state index in [0.717, 1.165) is 61.0 Å². The first-order valence-electron chi connectivity index (χ1n) is 10.7. The van der Waals surface area contributed by atoms with Crippen LogP contribution in [0.1, 0.15) is 27.4 Å². The number of hydrogen-bond donors (Lipinski definition) is 0. The molecule has 162 valence electrons. The Morgan fingerprint density at radius 3 is 2.23 bits per heavy atom. The molecule has 0 spiro atoms. The molecule has 2 heterocycles. The molecule has 0 unspecified atom stereocenters. The van der Waals surface area contributed by atoms with Crippen molar-refractivity contribution in [3.63, 3.8) is 0 Å². The van der Waals surface area contributed by atoms with Gasteiger partial charge in [-0.25, -0.2) is 4.98 Å². The first-order chi connectivity index (χ1) is 14.9. The third-order valence-electron chi connectivity index (χ3n) is 5.85. The number of carbonyl (C=O) groups is 1. The van der Waals surface area contributed by atoms with Crippen LogP contribution in [0.3, 0.4) is 0 Å². The van der Waals surface area contributed by atoms with Gasteiger partial charge in [0.2, 0.25) is 5.89 Å². The second kappa shape index (κ2) is 8.94. The topological polar surface area (TPSA) is 52.8 Å². The minimum absolute atomic E-state index is 0.101. The fraction of sp³-hybridized carbons (Fsp3) is 0.360. The molecule has 0 atom stereocenters. The average Bonchev–Trinajstić information content (AvgIpc) is 3.14. The van der Waals surface area contributed by atoms with Gasteiger partial charge >= 0.3 is 0 Å². The first kappa shape index (κ1) is 21.1. The van der Waals surface area contributed by atoms with E-state index in [9.17, 15) is 4.79 Å². The molecule has 4 rings (SSSR count). The Bertz CT molecular complexity index is 1030. The maximum Gasteiger partial charge on any atom is 0.253 e. The SMILES string of the molecule is Cc1ccc(-c2nc(CN3CCN(C(=O)c4ccc(N(C)C)cc4)CC3)c(C)o2)cc1. The van der Waals surface area contributed by atoms with Crippen molar-refractivity contribution in [2.75, 3.05) is 45.2 Å². The van der Waals surface area contributed by atoms with E-state index in [1.54, 1.807) is 0 Å². The summed E-state index contributed by atoms with van der Waals surface area (Å²) < 4.78 is 5.92. The van der Waals surface area contributed by atoms with Gasteiger partial charge in [0, 0.05) is 63.6 Å². The highest BCUT2D eigenvalue weighted by Gasteiger charge is 2.23. The number of oxazole rings is 1. The molecule has 6 heteroatoms.